The van der Waals surface area contributed by atoms with Crippen LogP contribution in [0.4, 0.5) is 0 Å². The van der Waals surface area contributed by atoms with Gasteiger partial charge in [0.1, 0.15) is 5.75 Å². The van der Waals surface area contributed by atoms with Gasteiger partial charge in [0.15, 0.2) is 0 Å². The number of ether oxygens (including phenoxy) is 2. The molecule has 0 radical (unpaired) electrons. The maximum atomic E-state index is 6.30. The second-order valence-corrected chi connectivity index (χ2v) is 7.66. The van der Waals surface area contributed by atoms with Crippen molar-refractivity contribution in [3.63, 3.8) is 0 Å². The summed E-state index contributed by atoms with van der Waals surface area (Å²) in [5, 5.41) is 3.74. The molecule has 1 N–H and O–H groups in total. The van der Waals surface area contributed by atoms with E-state index in [9.17, 15) is 0 Å². The molecule has 0 amide bonds. The minimum Gasteiger partial charge on any atom is -0.497 e. The van der Waals surface area contributed by atoms with E-state index in [1.807, 2.05) is 12.1 Å². The van der Waals surface area contributed by atoms with Crippen molar-refractivity contribution in [2.45, 2.75) is 37.5 Å². The van der Waals surface area contributed by atoms with Gasteiger partial charge in [0.25, 0.3) is 0 Å². The molecular weight excluding hydrogens is 358 g/mol. The quantitative estimate of drug-likeness (QED) is 0.607. The molecule has 0 saturated carbocycles. The molecule has 2 unspecified atom stereocenters. The smallest absolute Gasteiger partial charge is 0.118 e. The van der Waals surface area contributed by atoms with Gasteiger partial charge >= 0.3 is 0 Å². The van der Waals surface area contributed by atoms with Gasteiger partial charge in [-0.2, -0.15) is 0 Å². The minimum atomic E-state index is 0.168. The van der Waals surface area contributed by atoms with Gasteiger partial charge in [-0.3, -0.25) is 0 Å². The molecule has 3 heteroatoms. The summed E-state index contributed by atoms with van der Waals surface area (Å²) < 4.78 is 11.6. The van der Waals surface area contributed by atoms with Gasteiger partial charge < -0.3 is 14.8 Å². The predicted molar refractivity (Wildman–Crippen MR) is 117 cm³/mol. The van der Waals surface area contributed by atoms with E-state index >= 15 is 0 Å². The molecule has 150 valence electrons. The van der Waals surface area contributed by atoms with E-state index < -0.39 is 0 Å². The van der Waals surface area contributed by atoms with Gasteiger partial charge in [0.05, 0.1) is 13.2 Å². The highest BCUT2D eigenvalue weighted by Gasteiger charge is 2.31. The van der Waals surface area contributed by atoms with E-state index in [1.165, 1.54) is 16.7 Å². The molecule has 1 aliphatic heterocycles. The van der Waals surface area contributed by atoms with E-state index in [1.54, 1.807) is 7.11 Å². The highest BCUT2D eigenvalue weighted by Crippen LogP contribution is 2.34. The molecule has 2 atom stereocenters. The molecule has 1 fully saturated rings. The Kier molecular flexibility index (Phi) is 6.60. The first-order valence-electron chi connectivity index (χ1n) is 10.4. The molecule has 29 heavy (non-hydrogen) atoms. The lowest BCUT2D eigenvalue weighted by molar-refractivity contribution is -0.00769. The number of benzene rings is 3. The summed E-state index contributed by atoms with van der Waals surface area (Å²) in [4.78, 5) is 0. The first-order chi connectivity index (χ1) is 14.3. The molecule has 0 aromatic heterocycles. The first kappa shape index (κ1) is 19.7. The summed E-state index contributed by atoms with van der Waals surface area (Å²) in [5.41, 5.74) is 3.91. The summed E-state index contributed by atoms with van der Waals surface area (Å²) in [5.74, 6) is 1.15. The van der Waals surface area contributed by atoms with Crippen LogP contribution in [0.1, 0.15) is 35.4 Å². The van der Waals surface area contributed by atoms with Crippen molar-refractivity contribution in [2.24, 2.45) is 0 Å². The topological polar surface area (TPSA) is 30.5 Å². The Balaban J connectivity index is 1.46. The van der Waals surface area contributed by atoms with Crippen molar-refractivity contribution in [3.05, 3.63) is 102 Å². The fourth-order valence-electron chi connectivity index (χ4n) is 4.19. The Morgan fingerprint density at radius 1 is 0.897 bits per heavy atom. The molecule has 4 rings (SSSR count). The van der Waals surface area contributed by atoms with Crippen LogP contribution in [0.5, 0.6) is 5.75 Å². The lowest BCUT2D eigenvalue weighted by Gasteiger charge is -2.36. The SMILES string of the molecule is COc1ccc(CNC2CCOC(C(c3ccccc3)c3ccccc3)C2)cc1. The van der Waals surface area contributed by atoms with Crippen molar-refractivity contribution in [1.82, 2.24) is 5.32 Å². The molecule has 0 aliphatic carbocycles. The standard InChI is InChI=1S/C26H29NO2/c1-28-24-14-12-20(13-15-24)19-27-23-16-17-29-25(18-23)26(21-8-4-2-5-9-21)22-10-6-3-7-11-22/h2-15,23,25-27H,16-19H2,1H3. The number of hydrogen-bond donors (Lipinski definition) is 1. The van der Waals surface area contributed by atoms with Crippen LogP contribution in [0.15, 0.2) is 84.9 Å². The highest BCUT2D eigenvalue weighted by atomic mass is 16.5. The molecule has 1 aliphatic rings. The summed E-state index contributed by atoms with van der Waals surface area (Å²) >= 11 is 0. The predicted octanol–water partition coefficient (Wildman–Crippen LogP) is 5.16. The molecular formula is C26H29NO2. The van der Waals surface area contributed by atoms with Crippen LogP contribution in [-0.2, 0) is 11.3 Å². The summed E-state index contributed by atoms with van der Waals surface area (Å²) in [6, 6.07) is 30.2. The first-order valence-corrected chi connectivity index (χ1v) is 10.4. The molecule has 0 spiro atoms. The molecule has 0 bridgehead atoms. The Morgan fingerprint density at radius 2 is 1.52 bits per heavy atom. The van der Waals surface area contributed by atoms with E-state index in [2.05, 4.69) is 78.1 Å². The van der Waals surface area contributed by atoms with Gasteiger partial charge in [-0.15, -0.1) is 0 Å². The molecule has 3 aromatic rings. The second kappa shape index (κ2) is 9.73. The third kappa shape index (κ3) is 5.06. The van der Waals surface area contributed by atoms with E-state index in [4.69, 9.17) is 9.47 Å². The van der Waals surface area contributed by atoms with E-state index in [-0.39, 0.29) is 12.0 Å². The maximum absolute atomic E-state index is 6.30. The van der Waals surface area contributed by atoms with E-state index in [0.717, 1.165) is 31.7 Å². The normalized spacial score (nSPS) is 19.2. The van der Waals surface area contributed by atoms with Crippen LogP contribution in [0, 0.1) is 0 Å². The van der Waals surface area contributed by atoms with Gasteiger partial charge in [-0.25, -0.2) is 0 Å². The van der Waals surface area contributed by atoms with Crippen molar-refractivity contribution in [1.29, 1.82) is 0 Å². The third-order valence-corrected chi connectivity index (χ3v) is 5.76. The fourth-order valence-corrected chi connectivity index (χ4v) is 4.19. The van der Waals surface area contributed by atoms with Crippen LogP contribution in [0.3, 0.4) is 0 Å². The fraction of sp³-hybridized carbons (Fsp3) is 0.308. The van der Waals surface area contributed by atoms with Gasteiger partial charge in [-0.1, -0.05) is 72.8 Å². The van der Waals surface area contributed by atoms with Gasteiger partial charge in [-0.05, 0) is 41.7 Å². The average molecular weight is 388 g/mol. The molecule has 1 heterocycles. The zero-order valence-corrected chi connectivity index (χ0v) is 17.0. The number of nitrogens with one attached hydrogen (secondary N) is 1. The lowest BCUT2D eigenvalue weighted by atomic mass is 9.82. The van der Waals surface area contributed by atoms with Crippen LogP contribution in [0.2, 0.25) is 0 Å². The minimum absolute atomic E-state index is 0.168. The molecule has 1 saturated heterocycles. The number of rotatable bonds is 7. The number of methoxy groups -OCH3 is 1. The highest BCUT2D eigenvalue weighted by molar-refractivity contribution is 5.34. The summed E-state index contributed by atoms with van der Waals surface area (Å²) in [7, 11) is 1.70. The van der Waals surface area contributed by atoms with Gasteiger partial charge in [0.2, 0.25) is 0 Å². The Hall–Kier alpha value is -2.62. The Morgan fingerprint density at radius 3 is 2.10 bits per heavy atom. The van der Waals surface area contributed by atoms with Crippen molar-refractivity contribution < 1.29 is 9.47 Å². The largest absolute Gasteiger partial charge is 0.497 e. The van der Waals surface area contributed by atoms with Crippen LogP contribution < -0.4 is 10.1 Å². The van der Waals surface area contributed by atoms with Crippen molar-refractivity contribution in [3.8, 4) is 5.75 Å². The van der Waals surface area contributed by atoms with E-state index in [0.29, 0.717) is 6.04 Å². The summed E-state index contributed by atoms with van der Waals surface area (Å²) in [6.45, 7) is 1.66. The molecule has 3 aromatic carbocycles. The zero-order chi connectivity index (χ0) is 19.9. The lowest BCUT2D eigenvalue weighted by Crippen LogP contribution is -2.41. The number of hydrogen-bond acceptors (Lipinski definition) is 3. The monoisotopic (exact) mass is 387 g/mol. The van der Waals surface area contributed by atoms with Crippen LogP contribution in [-0.4, -0.2) is 25.9 Å². The average Bonchev–Trinajstić information content (AvgIpc) is 2.80. The maximum Gasteiger partial charge on any atom is 0.118 e. The summed E-state index contributed by atoms with van der Waals surface area (Å²) in [6.07, 6.45) is 2.22. The van der Waals surface area contributed by atoms with Gasteiger partial charge in [0, 0.05) is 25.1 Å². The zero-order valence-electron chi connectivity index (χ0n) is 17.0. The van der Waals surface area contributed by atoms with Crippen LogP contribution in [0.25, 0.3) is 0 Å². The Bertz CT molecular complexity index is 825. The second-order valence-electron chi connectivity index (χ2n) is 7.66. The van der Waals surface area contributed by atoms with Crippen molar-refractivity contribution >= 4 is 0 Å². The van der Waals surface area contributed by atoms with Crippen molar-refractivity contribution in [2.75, 3.05) is 13.7 Å². The van der Waals surface area contributed by atoms with Crippen LogP contribution >= 0.6 is 0 Å². The molecule has 3 nitrogen and oxygen atoms in total. The Labute approximate surface area is 173 Å². The third-order valence-electron chi connectivity index (χ3n) is 5.76.